The Balaban J connectivity index is 1.34. The van der Waals surface area contributed by atoms with Crippen LogP contribution in [0, 0.1) is 12.7 Å². The molecule has 0 bridgehead atoms. The van der Waals surface area contributed by atoms with E-state index < -0.39 is 5.82 Å². The van der Waals surface area contributed by atoms with E-state index in [9.17, 15) is 4.39 Å². The molecule has 4 aromatic heterocycles. The molecule has 32 heavy (non-hydrogen) atoms. The van der Waals surface area contributed by atoms with Gasteiger partial charge in [0.15, 0.2) is 11.6 Å². The van der Waals surface area contributed by atoms with Gasteiger partial charge in [0.1, 0.15) is 12.0 Å². The first kappa shape index (κ1) is 19.5. The average molecular weight is 427 g/mol. The minimum absolute atomic E-state index is 0.188. The fourth-order valence-electron chi connectivity index (χ4n) is 3.12. The summed E-state index contributed by atoms with van der Waals surface area (Å²) >= 11 is 0. The van der Waals surface area contributed by atoms with Crippen LogP contribution in [0.25, 0.3) is 28.3 Å². The van der Waals surface area contributed by atoms with Crippen molar-refractivity contribution >= 4 is 11.6 Å². The summed E-state index contributed by atoms with van der Waals surface area (Å²) in [5.41, 5.74) is 4.15. The molecule has 1 aromatic carbocycles. The van der Waals surface area contributed by atoms with E-state index in [1.807, 2.05) is 43.3 Å². The molecule has 0 atom stereocenters. The molecule has 0 radical (unpaired) electrons. The van der Waals surface area contributed by atoms with Gasteiger partial charge in [0.25, 0.3) is 0 Å². The summed E-state index contributed by atoms with van der Waals surface area (Å²) in [6, 6.07) is 11.4. The highest BCUT2D eigenvalue weighted by molar-refractivity contribution is 5.62. The zero-order valence-corrected chi connectivity index (χ0v) is 17.3. The molecule has 0 fully saturated rings. The van der Waals surface area contributed by atoms with Gasteiger partial charge in [-0.2, -0.15) is 5.10 Å². The predicted molar refractivity (Wildman–Crippen MR) is 117 cm³/mol. The fourth-order valence-corrected chi connectivity index (χ4v) is 3.12. The van der Waals surface area contributed by atoms with E-state index in [0.29, 0.717) is 11.4 Å². The topological polar surface area (TPSA) is 99.2 Å². The van der Waals surface area contributed by atoms with Gasteiger partial charge in [-0.25, -0.2) is 24.0 Å². The molecule has 0 saturated heterocycles. The van der Waals surface area contributed by atoms with Crippen LogP contribution in [-0.2, 0) is 7.05 Å². The third kappa shape index (κ3) is 3.93. The summed E-state index contributed by atoms with van der Waals surface area (Å²) in [6.45, 7) is 1.93. The highest BCUT2D eigenvalue weighted by atomic mass is 19.1. The number of nitrogens with one attached hydrogen (secondary N) is 1. The molecule has 0 amide bonds. The summed E-state index contributed by atoms with van der Waals surface area (Å²) in [4.78, 5) is 17.0. The van der Waals surface area contributed by atoms with Crippen molar-refractivity contribution in [1.29, 1.82) is 0 Å². The number of halogens is 1. The van der Waals surface area contributed by atoms with Gasteiger partial charge in [0, 0.05) is 41.9 Å². The monoisotopic (exact) mass is 427 g/mol. The Hall–Kier alpha value is -4.47. The quantitative estimate of drug-likeness (QED) is 0.456. The zero-order valence-electron chi connectivity index (χ0n) is 17.3. The molecule has 0 aliphatic rings. The van der Waals surface area contributed by atoms with E-state index in [1.54, 1.807) is 41.3 Å². The molecule has 1 N–H and O–H groups in total. The van der Waals surface area contributed by atoms with Gasteiger partial charge in [0.2, 0.25) is 5.95 Å². The van der Waals surface area contributed by atoms with Gasteiger partial charge < -0.3 is 5.32 Å². The molecular formula is C22H18FN9. The van der Waals surface area contributed by atoms with Crippen LogP contribution in [0.15, 0.2) is 67.5 Å². The molecule has 0 unspecified atom stereocenters. The highest BCUT2D eigenvalue weighted by Gasteiger charge is 2.12. The Morgan fingerprint density at radius 2 is 1.75 bits per heavy atom. The maximum Gasteiger partial charge on any atom is 0.227 e. The van der Waals surface area contributed by atoms with Gasteiger partial charge >= 0.3 is 0 Å². The minimum Gasteiger partial charge on any atom is -0.324 e. The number of anilines is 2. The third-order valence-corrected chi connectivity index (χ3v) is 4.77. The normalized spacial score (nSPS) is 11.0. The van der Waals surface area contributed by atoms with Crippen LogP contribution >= 0.6 is 0 Å². The number of rotatable bonds is 5. The van der Waals surface area contributed by atoms with Crippen LogP contribution in [0.1, 0.15) is 5.69 Å². The van der Waals surface area contributed by atoms with Crippen molar-refractivity contribution in [3.63, 3.8) is 0 Å². The highest BCUT2D eigenvalue weighted by Crippen LogP contribution is 2.23. The van der Waals surface area contributed by atoms with Crippen LogP contribution in [-0.4, -0.2) is 39.5 Å². The summed E-state index contributed by atoms with van der Waals surface area (Å²) in [6.07, 6.45) is 7.81. The van der Waals surface area contributed by atoms with Gasteiger partial charge in [-0.1, -0.05) is 0 Å². The van der Waals surface area contributed by atoms with Crippen molar-refractivity contribution < 1.29 is 4.39 Å². The number of hydrogen-bond donors (Lipinski definition) is 1. The van der Waals surface area contributed by atoms with Gasteiger partial charge in [-0.05, 0) is 43.3 Å². The molecular weight excluding hydrogens is 409 g/mol. The van der Waals surface area contributed by atoms with Crippen molar-refractivity contribution in [3.05, 3.63) is 79.0 Å². The molecule has 0 aliphatic carbocycles. The van der Waals surface area contributed by atoms with E-state index in [2.05, 4.69) is 35.5 Å². The molecule has 0 spiro atoms. The first-order valence-corrected chi connectivity index (χ1v) is 9.79. The summed E-state index contributed by atoms with van der Waals surface area (Å²) in [7, 11) is 1.76. The standard InChI is InChI=1S/C22H18FN9/c1-14-3-4-15(9-24-14)21-26-13-32(30-21)18-7-5-17(6-8-18)28-22-25-11-19(23)20(29-22)16-10-27-31(2)12-16/h3-13H,1-2H3,(H,25,28,29). The Labute approximate surface area is 182 Å². The first-order valence-electron chi connectivity index (χ1n) is 9.79. The maximum absolute atomic E-state index is 14.2. The van der Waals surface area contributed by atoms with Crippen LogP contribution in [0.3, 0.4) is 0 Å². The third-order valence-electron chi connectivity index (χ3n) is 4.77. The Morgan fingerprint density at radius 3 is 2.47 bits per heavy atom. The van der Waals surface area contributed by atoms with Gasteiger partial charge in [-0.3, -0.25) is 9.67 Å². The Morgan fingerprint density at radius 1 is 0.906 bits per heavy atom. The second kappa shape index (κ2) is 7.99. The smallest absolute Gasteiger partial charge is 0.227 e. The first-order chi connectivity index (χ1) is 15.5. The van der Waals surface area contributed by atoms with Crippen molar-refractivity contribution in [2.45, 2.75) is 6.92 Å². The second-order valence-electron chi connectivity index (χ2n) is 7.17. The number of pyridine rings is 1. The van der Waals surface area contributed by atoms with Gasteiger partial charge in [0.05, 0.1) is 18.1 Å². The van der Waals surface area contributed by atoms with Crippen molar-refractivity contribution in [2.24, 2.45) is 7.05 Å². The van der Waals surface area contributed by atoms with E-state index >= 15 is 0 Å². The SMILES string of the molecule is Cc1ccc(-c2ncn(-c3ccc(Nc4ncc(F)c(-c5cnn(C)c5)n4)cc3)n2)cn1. The molecule has 4 heterocycles. The molecule has 9 nitrogen and oxygen atoms in total. The summed E-state index contributed by atoms with van der Waals surface area (Å²) in [5.74, 6) is 0.375. The van der Waals surface area contributed by atoms with Crippen LogP contribution in [0.2, 0.25) is 0 Å². The fraction of sp³-hybridized carbons (Fsp3) is 0.0909. The van der Waals surface area contributed by atoms with Crippen molar-refractivity contribution in [1.82, 2.24) is 39.5 Å². The van der Waals surface area contributed by atoms with E-state index in [0.717, 1.165) is 28.8 Å². The largest absolute Gasteiger partial charge is 0.324 e. The van der Waals surface area contributed by atoms with E-state index in [4.69, 9.17) is 0 Å². The average Bonchev–Trinajstić information content (AvgIpc) is 3.46. The van der Waals surface area contributed by atoms with E-state index in [1.165, 1.54) is 0 Å². The molecule has 158 valence electrons. The Kier molecular flexibility index (Phi) is 4.86. The van der Waals surface area contributed by atoms with Crippen LogP contribution in [0.4, 0.5) is 16.0 Å². The molecule has 10 heteroatoms. The Bertz CT molecular complexity index is 1370. The van der Waals surface area contributed by atoms with E-state index in [-0.39, 0.29) is 11.6 Å². The number of aromatic nitrogens is 8. The lowest BCUT2D eigenvalue weighted by Crippen LogP contribution is -2.01. The van der Waals surface area contributed by atoms with Crippen LogP contribution in [0.5, 0.6) is 0 Å². The predicted octanol–water partition coefficient (Wildman–Crippen LogP) is 3.71. The number of aryl methyl sites for hydroxylation is 2. The molecule has 0 saturated carbocycles. The second-order valence-corrected chi connectivity index (χ2v) is 7.17. The molecule has 5 aromatic rings. The number of nitrogens with zero attached hydrogens (tertiary/aromatic N) is 8. The van der Waals surface area contributed by atoms with Gasteiger partial charge in [-0.15, -0.1) is 5.10 Å². The van der Waals surface area contributed by atoms with Crippen LogP contribution < -0.4 is 5.32 Å². The number of hydrogen-bond acceptors (Lipinski definition) is 7. The zero-order chi connectivity index (χ0) is 22.1. The lowest BCUT2D eigenvalue weighted by Gasteiger charge is -2.08. The van der Waals surface area contributed by atoms with Crippen molar-refractivity contribution in [2.75, 3.05) is 5.32 Å². The van der Waals surface area contributed by atoms with Crippen molar-refractivity contribution in [3.8, 4) is 28.3 Å². The lowest BCUT2D eigenvalue weighted by atomic mass is 10.2. The molecule has 0 aliphatic heterocycles. The summed E-state index contributed by atoms with van der Waals surface area (Å²) < 4.78 is 17.5. The lowest BCUT2D eigenvalue weighted by molar-refractivity contribution is 0.619. The summed E-state index contributed by atoms with van der Waals surface area (Å²) in [5, 5.41) is 11.7. The maximum atomic E-state index is 14.2. The molecule has 5 rings (SSSR count). The minimum atomic E-state index is -0.510. The number of benzene rings is 1.